The number of benzene rings is 1. The van der Waals surface area contributed by atoms with Gasteiger partial charge in [0.25, 0.3) is 5.91 Å². The van der Waals surface area contributed by atoms with Gasteiger partial charge in [0.1, 0.15) is 5.52 Å². The molecule has 0 spiro atoms. The zero-order valence-corrected chi connectivity index (χ0v) is 14.8. The van der Waals surface area contributed by atoms with Crippen molar-refractivity contribution in [3.63, 3.8) is 0 Å². The Morgan fingerprint density at radius 1 is 1.42 bits per heavy atom. The lowest BCUT2D eigenvalue weighted by molar-refractivity contribution is 0.0764. The van der Waals surface area contributed by atoms with E-state index in [0.29, 0.717) is 23.0 Å². The Kier molecular flexibility index (Phi) is 4.97. The summed E-state index contributed by atoms with van der Waals surface area (Å²) in [5.74, 6) is -0.0626. The quantitative estimate of drug-likeness (QED) is 0.624. The number of hydrogen-bond acceptors (Lipinski definition) is 4. The summed E-state index contributed by atoms with van der Waals surface area (Å²) in [5, 5.41) is 8.21. The Labute approximate surface area is 149 Å². The number of carbonyl (C=O) groups excluding carboxylic acids is 1. The number of nitrogens with zero attached hydrogens (tertiary/aromatic N) is 4. The molecular formula is C17H17ClN4OS. The average Bonchev–Trinajstić information content (AvgIpc) is 3.18. The van der Waals surface area contributed by atoms with E-state index in [9.17, 15) is 4.79 Å². The highest BCUT2D eigenvalue weighted by Crippen LogP contribution is 2.23. The van der Waals surface area contributed by atoms with Crippen LogP contribution in [0, 0.1) is 0 Å². The molecule has 2 aromatic heterocycles. The summed E-state index contributed by atoms with van der Waals surface area (Å²) in [4.78, 5) is 15.6. The molecule has 7 heteroatoms. The van der Waals surface area contributed by atoms with E-state index in [1.807, 2.05) is 31.2 Å². The molecule has 0 saturated carbocycles. The molecule has 1 aromatic carbocycles. The van der Waals surface area contributed by atoms with Crippen molar-refractivity contribution >= 4 is 39.9 Å². The van der Waals surface area contributed by atoms with Crippen LogP contribution in [0.15, 0.2) is 43.0 Å². The predicted octanol–water partition coefficient (Wildman–Crippen LogP) is 3.99. The summed E-state index contributed by atoms with van der Waals surface area (Å²) in [5.41, 5.74) is 2.24. The maximum Gasteiger partial charge on any atom is 0.254 e. The van der Waals surface area contributed by atoms with Crippen LogP contribution in [0.25, 0.3) is 11.0 Å². The van der Waals surface area contributed by atoms with Crippen LogP contribution in [0.4, 0.5) is 0 Å². The highest BCUT2D eigenvalue weighted by atomic mass is 35.5. The molecule has 0 unspecified atom stereocenters. The van der Waals surface area contributed by atoms with Crippen molar-refractivity contribution in [1.82, 2.24) is 19.9 Å². The monoisotopic (exact) mass is 360 g/mol. The van der Waals surface area contributed by atoms with Gasteiger partial charge in [0, 0.05) is 23.5 Å². The number of halogens is 1. The van der Waals surface area contributed by atoms with Crippen molar-refractivity contribution in [2.75, 3.05) is 6.54 Å². The van der Waals surface area contributed by atoms with Crippen molar-refractivity contribution < 1.29 is 4.79 Å². The van der Waals surface area contributed by atoms with Crippen molar-refractivity contribution in [3.8, 4) is 0 Å². The summed E-state index contributed by atoms with van der Waals surface area (Å²) in [6.07, 6.45) is 1.72. The molecule has 0 saturated heterocycles. The Balaban J connectivity index is 1.87. The van der Waals surface area contributed by atoms with Gasteiger partial charge in [0.15, 0.2) is 0 Å². The van der Waals surface area contributed by atoms with Gasteiger partial charge in [-0.1, -0.05) is 22.9 Å². The van der Waals surface area contributed by atoms with Gasteiger partial charge in [-0.2, -0.15) is 0 Å². The second-order valence-electron chi connectivity index (χ2n) is 5.29. The van der Waals surface area contributed by atoms with Crippen LogP contribution in [-0.4, -0.2) is 32.3 Å². The molecule has 1 amide bonds. The zero-order valence-electron chi connectivity index (χ0n) is 13.3. The third-order valence-corrected chi connectivity index (χ3v) is 4.89. The van der Waals surface area contributed by atoms with Crippen LogP contribution in [0.1, 0.15) is 22.2 Å². The maximum absolute atomic E-state index is 12.9. The molecule has 124 valence electrons. The molecule has 2 heterocycles. The smallest absolute Gasteiger partial charge is 0.254 e. The minimum Gasteiger partial charge on any atom is -0.330 e. The summed E-state index contributed by atoms with van der Waals surface area (Å²) in [6, 6.07) is 9.27. The molecule has 0 atom stereocenters. The molecule has 0 aliphatic heterocycles. The Bertz CT molecular complexity index is 886. The Hall–Kier alpha value is -2.18. The number of fused-ring (bicyclic) bond motifs is 1. The molecular weight excluding hydrogens is 344 g/mol. The number of amides is 1. The lowest BCUT2D eigenvalue weighted by atomic mass is 10.1. The molecule has 3 rings (SSSR count). The Morgan fingerprint density at radius 2 is 2.25 bits per heavy atom. The second kappa shape index (κ2) is 7.15. The molecule has 5 nitrogen and oxygen atoms in total. The fraction of sp³-hybridized carbons (Fsp3) is 0.235. The molecule has 0 aliphatic rings. The van der Waals surface area contributed by atoms with E-state index in [2.05, 4.69) is 16.9 Å². The van der Waals surface area contributed by atoms with Crippen LogP contribution in [0.2, 0.25) is 4.34 Å². The van der Waals surface area contributed by atoms with Gasteiger partial charge in [-0.3, -0.25) is 4.79 Å². The highest BCUT2D eigenvalue weighted by molar-refractivity contribution is 7.16. The first kappa shape index (κ1) is 16.7. The topological polar surface area (TPSA) is 51.0 Å². The summed E-state index contributed by atoms with van der Waals surface area (Å²) in [6.45, 7) is 7.46. The largest absolute Gasteiger partial charge is 0.330 e. The first-order valence-electron chi connectivity index (χ1n) is 7.60. The van der Waals surface area contributed by atoms with Crippen molar-refractivity contribution in [2.24, 2.45) is 0 Å². The first-order valence-corrected chi connectivity index (χ1v) is 8.79. The summed E-state index contributed by atoms with van der Waals surface area (Å²) < 4.78 is 2.52. The molecule has 0 fully saturated rings. The maximum atomic E-state index is 12.9. The first-order chi connectivity index (χ1) is 11.6. The van der Waals surface area contributed by atoms with E-state index in [1.54, 1.807) is 21.7 Å². The zero-order chi connectivity index (χ0) is 17.1. The summed E-state index contributed by atoms with van der Waals surface area (Å²) in [7, 11) is 0. The third kappa shape index (κ3) is 3.34. The third-order valence-electron chi connectivity index (χ3n) is 3.67. The number of rotatable bonds is 6. The highest BCUT2D eigenvalue weighted by Gasteiger charge is 2.17. The second-order valence-corrected chi connectivity index (χ2v) is 7.09. The van der Waals surface area contributed by atoms with E-state index in [1.165, 1.54) is 11.3 Å². The van der Waals surface area contributed by atoms with E-state index < -0.39 is 0 Å². The fourth-order valence-electron chi connectivity index (χ4n) is 2.52. The molecule has 0 radical (unpaired) electrons. The lowest BCUT2D eigenvalue weighted by Gasteiger charge is -2.20. The number of aromatic nitrogens is 3. The van der Waals surface area contributed by atoms with E-state index >= 15 is 0 Å². The number of hydrogen-bond donors (Lipinski definition) is 0. The minimum atomic E-state index is -0.0626. The molecule has 3 aromatic rings. The van der Waals surface area contributed by atoms with E-state index in [0.717, 1.165) is 22.5 Å². The van der Waals surface area contributed by atoms with E-state index in [-0.39, 0.29) is 5.91 Å². The van der Waals surface area contributed by atoms with Gasteiger partial charge in [-0.05, 0) is 37.3 Å². The fourth-order valence-corrected chi connectivity index (χ4v) is 3.62. The van der Waals surface area contributed by atoms with Gasteiger partial charge >= 0.3 is 0 Å². The predicted molar refractivity (Wildman–Crippen MR) is 97.5 cm³/mol. The normalized spacial score (nSPS) is 10.9. The number of thiophene rings is 1. The standard InChI is InChI=1S/C17H17ClN4OS/c1-3-9-21(11-13-6-8-16(18)24-13)17(23)12-5-7-15-14(10-12)19-20-22(15)4-2/h3,5-8,10H,1,4,9,11H2,2H3. The van der Waals surface area contributed by atoms with Crippen LogP contribution in [-0.2, 0) is 13.1 Å². The van der Waals surface area contributed by atoms with Crippen LogP contribution in [0.5, 0.6) is 0 Å². The average molecular weight is 361 g/mol. The molecule has 0 bridgehead atoms. The van der Waals surface area contributed by atoms with Crippen LogP contribution in [0.3, 0.4) is 0 Å². The van der Waals surface area contributed by atoms with Crippen LogP contribution < -0.4 is 0 Å². The molecule has 0 aliphatic carbocycles. The SMILES string of the molecule is C=CCN(Cc1ccc(Cl)s1)C(=O)c1ccc2c(c1)nnn2CC. The number of carbonyl (C=O) groups is 1. The van der Waals surface area contributed by atoms with E-state index in [4.69, 9.17) is 11.6 Å². The van der Waals surface area contributed by atoms with Crippen molar-refractivity contribution in [3.05, 3.63) is 57.8 Å². The van der Waals surface area contributed by atoms with Gasteiger partial charge in [-0.15, -0.1) is 23.0 Å². The number of aryl methyl sites for hydroxylation is 1. The van der Waals surface area contributed by atoms with Gasteiger partial charge in [0.05, 0.1) is 16.4 Å². The van der Waals surface area contributed by atoms with Crippen molar-refractivity contribution in [1.29, 1.82) is 0 Å². The van der Waals surface area contributed by atoms with Gasteiger partial charge in [0.2, 0.25) is 0 Å². The van der Waals surface area contributed by atoms with Gasteiger partial charge in [-0.25, -0.2) is 4.68 Å². The van der Waals surface area contributed by atoms with Crippen LogP contribution >= 0.6 is 22.9 Å². The molecule has 24 heavy (non-hydrogen) atoms. The van der Waals surface area contributed by atoms with Gasteiger partial charge < -0.3 is 4.90 Å². The minimum absolute atomic E-state index is 0.0626. The Morgan fingerprint density at radius 3 is 2.92 bits per heavy atom. The van der Waals surface area contributed by atoms with Crippen molar-refractivity contribution in [2.45, 2.75) is 20.0 Å². The lowest BCUT2D eigenvalue weighted by Crippen LogP contribution is -2.30. The molecule has 0 N–H and O–H groups in total. The summed E-state index contributed by atoms with van der Waals surface area (Å²) >= 11 is 7.45.